The van der Waals surface area contributed by atoms with Crippen molar-refractivity contribution in [2.24, 2.45) is 0 Å². The fourth-order valence-corrected chi connectivity index (χ4v) is 1.35. The minimum atomic E-state index is -0.0935. The van der Waals surface area contributed by atoms with Crippen molar-refractivity contribution in [3.63, 3.8) is 0 Å². The van der Waals surface area contributed by atoms with E-state index in [0.717, 1.165) is 16.9 Å². The van der Waals surface area contributed by atoms with Crippen molar-refractivity contribution in [2.75, 3.05) is 38.2 Å². The van der Waals surface area contributed by atoms with E-state index in [2.05, 4.69) is 10.6 Å². The molecule has 0 aliphatic rings. The molecule has 94 valence electrons. The van der Waals surface area contributed by atoms with Gasteiger partial charge in [-0.2, -0.15) is 0 Å². The van der Waals surface area contributed by atoms with Gasteiger partial charge in [0.1, 0.15) is 0 Å². The highest BCUT2D eigenvalue weighted by Gasteiger charge is 2.02. The molecular formula is C12H20N4O. The van der Waals surface area contributed by atoms with Crippen LogP contribution in [0.5, 0.6) is 0 Å². The number of nitrogens with zero attached hydrogens (tertiary/aromatic N) is 1. The SMILES string of the molecule is Cc1ccc(N)c(NCCNC(=O)N(C)C)c1. The number of carbonyl (C=O) groups excluding carboxylic acids is 1. The summed E-state index contributed by atoms with van der Waals surface area (Å²) in [4.78, 5) is 12.7. The normalized spacial score (nSPS) is 9.82. The first-order valence-electron chi connectivity index (χ1n) is 5.56. The highest BCUT2D eigenvalue weighted by atomic mass is 16.2. The average Bonchev–Trinajstić information content (AvgIpc) is 2.28. The van der Waals surface area contributed by atoms with Gasteiger partial charge >= 0.3 is 6.03 Å². The van der Waals surface area contributed by atoms with Crippen molar-refractivity contribution in [2.45, 2.75) is 6.92 Å². The molecule has 0 unspecified atom stereocenters. The third-order valence-electron chi connectivity index (χ3n) is 2.33. The van der Waals surface area contributed by atoms with Crippen molar-refractivity contribution < 1.29 is 4.79 Å². The third kappa shape index (κ3) is 4.22. The minimum Gasteiger partial charge on any atom is -0.397 e. The van der Waals surface area contributed by atoms with Gasteiger partial charge in [0, 0.05) is 27.2 Å². The number of urea groups is 1. The number of carbonyl (C=O) groups is 1. The predicted octanol–water partition coefficient (Wildman–Crippen LogP) is 1.26. The number of benzene rings is 1. The molecule has 0 bridgehead atoms. The Morgan fingerprint density at radius 1 is 1.35 bits per heavy atom. The molecule has 0 saturated heterocycles. The van der Waals surface area contributed by atoms with Gasteiger partial charge in [0.05, 0.1) is 11.4 Å². The van der Waals surface area contributed by atoms with E-state index in [1.54, 1.807) is 14.1 Å². The van der Waals surface area contributed by atoms with E-state index in [9.17, 15) is 4.79 Å². The van der Waals surface area contributed by atoms with Crippen molar-refractivity contribution in [1.82, 2.24) is 10.2 Å². The topological polar surface area (TPSA) is 70.4 Å². The monoisotopic (exact) mass is 236 g/mol. The lowest BCUT2D eigenvalue weighted by Gasteiger charge is -2.13. The van der Waals surface area contributed by atoms with E-state index in [4.69, 9.17) is 5.73 Å². The van der Waals surface area contributed by atoms with Gasteiger partial charge in [0.2, 0.25) is 0 Å². The first kappa shape index (κ1) is 13.2. The fraction of sp³-hybridized carbons (Fsp3) is 0.417. The van der Waals surface area contributed by atoms with Gasteiger partial charge in [-0.15, -0.1) is 0 Å². The van der Waals surface area contributed by atoms with Crippen molar-refractivity contribution >= 4 is 17.4 Å². The van der Waals surface area contributed by atoms with Crippen LogP contribution in [0, 0.1) is 6.92 Å². The van der Waals surface area contributed by atoms with Crippen LogP contribution in [0.4, 0.5) is 16.2 Å². The first-order chi connectivity index (χ1) is 8.00. The molecule has 2 amide bonds. The Kier molecular flexibility index (Phi) is 4.63. The molecule has 0 saturated carbocycles. The number of nitrogens with two attached hydrogens (primary N) is 1. The van der Waals surface area contributed by atoms with Crippen LogP contribution in [0.1, 0.15) is 5.56 Å². The van der Waals surface area contributed by atoms with E-state index in [1.165, 1.54) is 4.90 Å². The standard InChI is InChI=1S/C12H20N4O/c1-9-4-5-10(13)11(8-9)14-6-7-15-12(17)16(2)3/h4-5,8,14H,6-7,13H2,1-3H3,(H,15,17). The number of amides is 2. The summed E-state index contributed by atoms with van der Waals surface area (Å²) in [6.45, 7) is 3.22. The highest BCUT2D eigenvalue weighted by Crippen LogP contribution is 2.18. The molecule has 1 rings (SSSR count). The van der Waals surface area contributed by atoms with Crippen molar-refractivity contribution in [1.29, 1.82) is 0 Å². The summed E-state index contributed by atoms with van der Waals surface area (Å²) in [5, 5.41) is 5.96. The molecule has 0 atom stereocenters. The summed E-state index contributed by atoms with van der Waals surface area (Å²) >= 11 is 0. The molecule has 0 heterocycles. The summed E-state index contributed by atoms with van der Waals surface area (Å²) in [5.41, 5.74) is 8.60. The quantitative estimate of drug-likeness (QED) is 0.544. The molecule has 5 nitrogen and oxygen atoms in total. The number of hydrogen-bond donors (Lipinski definition) is 3. The van der Waals surface area contributed by atoms with Crippen LogP contribution in [-0.2, 0) is 0 Å². The summed E-state index contributed by atoms with van der Waals surface area (Å²) in [6.07, 6.45) is 0. The van der Waals surface area contributed by atoms with Gasteiger partial charge in [-0.25, -0.2) is 4.79 Å². The van der Waals surface area contributed by atoms with E-state index < -0.39 is 0 Å². The Morgan fingerprint density at radius 2 is 2.06 bits per heavy atom. The molecule has 4 N–H and O–H groups in total. The molecule has 0 aliphatic carbocycles. The summed E-state index contributed by atoms with van der Waals surface area (Å²) in [7, 11) is 3.42. The van der Waals surface area contributed by atoms with Crippen LogP contribution in [0.3, 0.4) is 0 Å². The average molecular weight is 236 g/mol. The second kappa shape index (κ2) is 5.98. The van der Waals surface area contributed by atoms with Gasteiger partial charge < -0.3 is 21.3 Å². The summed E-state index contributed by atoms with van der Waals surface area (Å²) in [5.74, 6) is 0. The largest absolute Gasteiger partial charge is 0.397 e. The molecule has 0 fully saturated rings. The van der Waals surface area contributed by atoms with Crippen LogP contribution < -0.4 is 16.4 Å². The maximum atomic E-state index is 11.2. The molecule has 5 heteroatoms. The van der Waals surface area contributed by atoms with Gasteiger partial charge in [0.15, 0.2) is 0 Å². The second-order valence-corrected chi connectivity index (χ2v) is 4.14. The third-order valence-corrected chi connectivity index (χ3v) is 2.33. The number of aryl methyl sites for hydroxylation is 1. The number of nitrogen functional groups attached to an aromatic ring is 1. The van der Waals surface area contributed by atoms with Gasteiger partial charge in [-0.05, 0) is 24.6 Å². The Morgan fingerprint density at radius 3 is 2.71 bits per heavy atom. The predicted molar refractivity (Wildman–Crippen MR) is 71.2 cm³/mol. The fourth-order valence-electron chi connectivity index (χ4n) is 1.35. The van der Waals surface area contributed by atoms with Crippen LogP contribution in [0.15, 0.2) is 18.2 Å². The van der Waals surface area contributed by atoms with Crippen LogP contribution in [0.2, 0.25) is 0 Å². The highest BCUT2D eigenvalue weighted by molar-refractivity contribution is 5.73. The van der Waals surface area contributed by atoms with Crippen LogP contribution >= 0.6 is 0 Å². The van der Waals surface area contributed by atoms with E-state index >= 15 is 0 Å². The maximum Gasteiger partial charge on any atom is 0.316 e. The van der Waals surface area contributed by atoms with Crippen LogP contribution in [-0.4, -0.2) is 38.1 Å². The number of anilines is 2. The molecule has 0 aliphatic heterocycles. The van der Waals surface area contributed by atoms with Gasteiger partial charge in [-0.1, -0.05) is 6.07 Å². The number of nitrogens with one attached hydrogen (secondary N) is 2. The zero-order chi connectivity index (χ0) is 12.8. The Hall–Kier alpha value is -1.91. The first-order valence-corrected chi connectivity index (χ1v) is 5.56. The lowest BCUT2D eigenvalue weighted by Crippen LogP contribution is -2.37. The smallest absolute Gasteiger partial charge is 0.316 e. The Labute approximate surface area is 102 Å². The minimum absolute atomic E-state index is 0.0935. The zero-order valence-corrected chi connectivity index (χ0v) is 10.6. The summed E-state index contributed by atoms with van der Waals surface area (Å²) < 4.78 is 0. The Balaban J connectivity index is 2.36. The molecule has 0 aromatic heterocycles. The number of hydrogen-bond acceptors (Lipinski definition) is 3. The van der Waals surface area contributed by atoms with Crippen LogP contribution in [0.25, 0.3) is 0 Å². The second-order valence-electron chi connectivity index (χ2n) is 4.14. The molecular weight excluding hydrogens is 216 g/mol. The van der Waals surface area contributed by atoms with E-state index in [0.29, 0.717) is 13.1 Å². The molecule has 1 aromatic rings. The maximum absolute atomic E-state index is 11.2. The van der Waals surface area contributed by atoms with E-state index in [-0.39, 0.29) is 6.03 Å². The molecule has 1 aromatic carbocycles. The van der Waals surface area contributed by atoms with E-state index in [1.807, 2.05) is 25.1 Å². The lowest BCUT2D eigenvalue weighted by atomic mass is 10.2. The molecule has 0 spiro atoms. The molecule has 17 heavy (non-hydrogen) atoms. The van der Waals surface area contributed by atoms with Gasteiger partial charge in [-0.3, -0.25) is 0 Å². The lowest BCUT2D eigenvalue weighted by molar-refractivity contribution is 0.218. The molecule has 0 radical (unpaired) electrons. The summed E-state index contributed by atoms with van der Waals surface area (Å²) in [6, 6.07) is 5.73. The van der Waals surface area contributed by atoms with Crippen molar-refractivity contribution in [3.05, 3.63) is 23.8 Å². The van der Waals surface area contributed by atoms with Gasteiger partial charge in [0.25, 0.3) is 0 Å². The zero-order valence-electron chi connectivity index (χ0n) is 10.6. The Bertz CT molecular complexity index is 390. The van der Waals surface area contributed by atoms with Crippen molar-refractivity contribution in [3.8, 4) is 0 Å². The number of rotatable bonds is 4.